The molecule has 0 aliphatic carbocycles. The van der Waals surface area contributed by atoms with Crippen LogP contribution in [0, 0.1) is 0 Å². The zero-order chi connectivity index (χ0) is 17.2. The van der Waals surface area contributed by atoms with E-state index in [9.17, 15) is 4.79 Å². The lowest BCUT2D eigenvalue weighted by molar-refractivity contribution is -0.122. The Morgan fingerprint density at radius 3 is 3.08 bits per heavy atom. The average Bonchev–Trinajstić information content (AvgIpc) is 2.87. The van der Waals surface area contributed by atoms with E-state index in [1.165, 1.54) is 11.3 Å². The van der Waals surface area contributed by atoms with Crippen LogP contribution in [0.4, 0.5) is 5.13 Å². The molecule has 1 fully saturated rings. The van der Waals surface area contributed by atoms with Gasteiger partial charge in [-0.25, -0.2) is 4.98 Å². The van der Waals surface area contributed by atoms with Crippen LogP contribution in [-0.2, 0) is 9.53 Å². The summed E-state index contributed by atoms with van der Waals surface area (Å²) in [6.45, 7) is 9.20. The number of rotatable bonds is 5. The van der Waals surface area contributed by atoms with Crippen LogP contribution in [0.3, 0.4) is 0 Å². The van der Waals surface area contributed by atoms with E-state index in [1.54, 1.807) is 0 Å². The number of carbonyl (C=O) groups excluding carboxylic acids is 1. The third-order valence-corrected chi connectivity index (χ3v) is 4.72. The van der Waals surface area contributed by atoms with Crippen LogP contribution in [0.2, 0.25) is 0 Å². The molecule has 2 aromatic rings. The molecule has 1 aliphatic rings. The molecular formula is C17H23N3O3S. The van der Waals surface area contributed by atoms with E-state index in [2.05, 4.69) is 15.2 Å². The van der Waals surface area contributed by atoms with Gasteiger partial charge in [0.2, 0.25) is 5.91 Å². The van der Waals surface area contributed by atoms with Gasteiger partial charge in [-0.3, -0.25) is 9.69 Å². The minimum absolute atomic E-state index is 0.0446. The number of fused-ring (bicyclic) bond motifs is 1. The maximum atomic E-state index is 12.3. The number of hydrogen-bond donors (Lipinski definition) is 1. The molecule has 3 rings (SSSR count). The molecule has 0 saturated carbocycles. The number of thiazole rings is 1. The molecular weight excluding hydrogens is 326 g/mol. The Hall–Kier alpha value is -1.70. The molecule has 0 spiro atoms. The molecule has 1 N–H and O–H groups in total. The van der Waals surface area contributed by atoms with Gasteiger partial charge in [0, 0.05) is 13.1 Å². The summed E-state index contributed by atoms with van der Waals surface area (Å²) in [6, 6.07) is 5.76. The lowest BCUT2D eigenvalue weighted by Gasteiger charge is -2.37. The van der Waals surface area contributed by atoms with Crippen LogP contribution in [0.15, 0.2) is 18.2 Å². The highest BCUT2D eigenvalue weighted by Gasteiger charge is 2.28. The second-order valence-electron chi connectivity index (χ2n) is 6.45. The number of nitrogens with one attached hydrogen (secondary N) is 1. The first kappa shape index (κ1) is 17.1. The first-order valence-electron chi connectivity index (χ1n) is 8.15. The number of benzene rings is 1. The van der Waals surface area contributed by atoms with E-state index in [1.807, 2.05) is 39.0 Å². The van der Waals surface area contributed by atoms with Crippen molar-refractivity contribution in [2.75, 3.05) is 38.2 Å². The molecule has 2 heterocycles. The fraction of sp³-hybridized carbons (Fsp3) is 0.529. The Morgan fingerprint density at radius 1 is 1.50 bits per heavy atom. The summed E-state index contributed by atoms with van der Waals surface area (Å²) in [4.78, 5) is 18.9. The van der Waals surface area contributed by atoms with Crippen molar-refractivity contribution in [1.82, 2.24) is 9.88 Å². The monoisotopic (exact) mass is 349 g/mol. The molecule has 1 amide bonds. The number of hydrogen-bond acceptors (Lipinski definition) is 6. The highest BCUT2D eigenvalue weighted by atomic mass is 32.1. The molecule has 1 aromatic heterocycles. The van der Waals surface area contributed by atoms with Crippen molar-refractivity contribution in [1.29, 1.82) is 0 Å². The smallest absolute Gasteiger partial charge is 0.240 e. The predicted octanol–water partition coefficient (Wildman–Crippen LogP) is 2.74. The molecule has 24 heavy (non-hydrogen) atoms. The zero-order valence-electron chi connectivity index (χ0n) is 14.3. The van der Waals surface area contributed by atoms with Gasteiger partial charge in [0.05, 0.1) is 35.6 Å². The van der Waals surface area contributed by atoms with Crippen molar-refractivity contribution < 1.29 is 14.3 Å². The highest BCUT2D eigenvalue weighted by Crippen LogP contribution is 2.29. The Morgan fingerprint density at radius 2 is 2.33 bits per heavy atom. The van der Waals surface area contributed by atoms with Crippen LogP contribution >= 0.6 is 11.3 Å². The number of anilines is 1. The highest BCUT2D eigenvalue weighted by molar-refractivity contribution is 7.22. The molecule has 0 radical (unpaired) electrons. The Labute approximate surface area is 145 Å². The number of nitrogens with zero attached hydrogens (tertiary/aromatic N) is 2. The predicted molar refractivity (Wildman–Crippen MR) is 95.9 cm³/mol. The minimum atomic E-state index is -0.204. The first-order chi connectivity index (χ1) is 11.4. The average molecular weight is 349 g/mol. The molecule has 0 unspecified atom stereocenters. The van der Waals surface area contributed by atoms with E-state index in [-0.39, 0.29) is 11.5 Å². The second-order valence-corrected chi connectivity index (χ2v) is 7.48. The number of morpholine rings is 1. The molecule has 1 aliphatic heterocycles. The quantitative estimate of drug-likeness (QED) is 0.899. The lowest BCUT2D eigenvalue weighted by Crippen LogP contribution is -2.50. The fourth-order valence-electron chi connectivity index (χ4n) is 2.83. The first-order valence-corrected chi connectivity index (χ1v) is 8.96. The standard InChI is InChI=1S/C17H23N3O3S/c1-4-22-12-5-6-13-14(9-12)24-16(18-13)19-15(21)10-20-7-8-23-17(2,3)11-20/h5-6,9H,4,7-8,10-11H2,1-3H3,(H,18,19,21). The van der Waals surface area contributed by atoms with Crippen LogP contribution in [0.5, 0.6) is 5.75 Å². The largest absolute Gasteiger partial charge is 0.494 e. The number of carbonyl (C=O) groups is 1. The van der Waals surface area contributed by atoms with Gasteiger partial charge in [-0.15, -0.1) is 0 Å². The van der Waals surface area contributed by atoms with Gasteiger partial charge in [-0.2, -0.15) is 0 Å². The molecule has 7 heteroatoms. The zero-order valence-corrected chi connectivity index (χ0v) is 15.1. The normalized spacial score (nSPS) is 17.8. The van der Waals surface area contributed by atoms with Gasteiger partial charge in [0.15, 0.2) is 5.13 Å². The molecule has 1 aromatic carbocycles. The van der Waals surface area contributed by atoms with Crippen LogP contribution in [0.1, 0.15) is 20.8 Å². The van der Waals surface area contributed by atoms with Crippen molar-refractivity contribution in [2.45, 2.75) is 26.4 Å². The van der Waals surface area contributed by atoms with Crippen LogP contribution in [0.25, 0.3) is 10.2 Å². The molecule has 6 nitrogen and oxygen atoms in total. The van der Waals surface area contributed by atoms with Crippen molar-refractivity contribution in [2.24, 2.45) is 0 Å². The maximum absolute atomic E-state index is 12.3. The maximum Gasteiger partial charge on any atom is 0.240 e. The fourth-order valence-corrected chi connectivity index (χ4v) is 3.74. The number of ether oxygens (including phenoxy) is 2. The SMILES string of the molecule is CCOc1ccc2nc(NC(=O)CN3CCOC(C)(C)C3)sc2c1. The summed E-state index contributed by atoms with van der Waals surface area (Å²) >= 11 is 1.46. The van der Waals surface area contributed by atoms with Crippen LogP contribution < -0.4 is 10.1 Å². The number of aromatic nitrogens is 1. The topological polar surface area (TPSA) is 63.7 Å². The van der Waals surface area contributed by atoms with Crippen molar-refractivity contribution >= 4 is 32.6 Å². The van der Waals surface area contributed by atoms with Crippen molar-refractivity contribution in [3.63, 3.8) is 0 Å². The Kier molecular flexibility index (Phi) is 5.03. The van der Waals surface area contributed by atoms with Crippen LogP contribution in [-0.4, -0.2) is 54.2 Å². The van der Waals surface area contributed by atoms with Gasteiger partial charge in [0.25, 0.3) is 0 Å². The van der Waals surface area contributed by atoms with E-state index >= 15 is 0 Å². The minimum Gasteiger partial charge on any atom is -0.494 e. The molecule has 0 atom stereocenters. The summed E-state index contributed by atoms with van der Waals surface area (Å²) in [5.41, 5.74) is 0.663. The van der Waals surface area contributed by atoms with E-state index in [4.69, 9.17) is 9.47 Å². The Balaban J connectivity index is 1.62. The van der Waals surface area contributed by atoms with Crippen molar-refractivity contribution in [3.05, 3.63) is 18.2 Å². The third kappa shape index (κ3) is 4.23. The summed E-state index contributed by atoms with van der Waals surface area (Å²) in [5.74, 6) is 0.777. The molecule has 1 saturated heterocycles. The van der Waals surface area contributed by atoms with Gasteiger partial charge < -0.3 is 14.8 Å². The number of amides is 1. The van der Waals surface area contributed by atoms with Gasteiger partial charge >= 0.3 is 0 Å². The second kappa shape index (κ2) is 7.04. The van der Waals surface area contributed by atoms with Gasteiger partial charge in [-0.1, -0.05) is 11.3 Å². The van der Waals surface area contributed by atoms with Crippen molar-refractivity contribution in [3.8, 4) is 5.75 Å². The van der Waals surface area contributed by atoms with Gasteiger partial charge in [0.1, 0.15) is 5.75 Å². The summed E-state index contributed by atoms with van der Waals surface area (Å²) in [7, 11) is 0. The third-order valence-electron chi connectivity index (χ3n) is 3.79. The summed E-state index contributed by atoms with van der Waals surface area (Å²) in [5, 5.41) is 3.52. The van der Waals surface area contributed by atoms with E-state index < -0.39 is 0 Å². The molecule has 130 valence electrons. The van der Waals surface area contributed by atoms with E-state index in [0.29, 0.717) is 24.9 Å². The van der Waals surface area contributed by atoms with Gasteiger partial charge in [-0.05, 0) is 39.0 Å². The molecule has 0 bridgehead atoms. The Bertz CT molecular complexity index is 729. The summed E-state index contributed by atoms with van der Waals surface area (Å²) < 4.78 is 12.2. The summed E-state index contributed by atoms with van der Waals surface area (Å²) in [6.07, 6.45) is 0. The lowest BCUT2D eigenvalue weighted by atomic mass is 10.1. The van der Waals surface area contributed by atoms with E-state index in [0.717, 1.165) is 29.1 Å².